The van der Waals surface area contributed by atoms with Crippen molar-refractivity contribution in [3.63, 3.8) is 0 Å². The van der Waals surface area contributed by atoms with E-state index in [0.29, 0.717) is 18.7 Å². The Balaban J connectivity index is 2.06. The molecule has 2 rings (SSSR count). The highest BCUT2D eigenvalue weighted by Gasteiger charge is 2.43. The number of pyridine rings is 1. The van der Waals surface area contributed by atoms with E-state index in [1.54, 1.807) is 29.3 Å². The van der Waals surface area contributed by atoms with Crippen LogP contribution in [-0.4, -0.2) is 53.6 Å². The molecule has 0 saturated carbocycles. The summed E-state index contributed by atoms with van der Waals surface area (Å²) in [5.74, 6) is -1.84. The van der Waals surface area contributed by atoms with Crippen LogP contribution in [0, 0.1) is 0 Å². The van der Waals surface area contributed by atoms with Crippen LogP contribution in [0.4, 0.5) is 19.0 Å². The minimum Gasteiger partial charge on any atom is -0.368 e. The lowest BCUT2D eigenvalue weighted by molar-refractivity contribution is -0.186. The van der Waals surface area contributed by atoms with Crippen molar-refractivity contribution in [3.8, 4) is 0 Å². The zero-order valence-corrected chi connectivity index (χ0v) is 12.3. The maximum Gasteiger partial charge on any atom is 0.471 e. The number of amides is 2. The number of piperidine rings is 1. The Morgan fingerprint density at radius 3 is 2.43 bits per heavy atom. The number of primary amides is 1. The van der Waals surface area contributed by atoms with Gasteiger partial charge in [-0.3, -0.25) is 9.59 Å². The van der Waals surface area contributed by atoms with Gasteiger partial charge in [0.15, 0.2) is 0 Å². The number of likely N-dealkylation sites (tertiary alicyclic amines) is 1. The van der Waals surface area contributed by atoms with E-state index in [-0.39, 0.29) is 25.7 Å². The van der Waals surface area contributed by atoms with Gasteiger partial charge in [-0.25, -0.2) is 4.98 Å². The first-order valence-electron chi connectivity index (χ1n) is 7.11. The highest BCUT2D eigenvalue weighted by Crippen LogP contribution is 2.25. The molecule has 0 bridgehead atoms. The molecule has 1 aliphatic heterocycles. The predicted molar refractivity (Wildman–Crippen MR) is 76.4 cm³/mol. The number of carbonyl (C=O) groups is 2. The predicted octanol–water partition coefficient (Wildman–Crippen LogP) is 0.927. The van der Waals surface area contributed by atoms with E-state index in [0.717, 1.165) is 4.90 Å². The molecule has 2 heterocycles. The van der Waals surface area contributed by atoms with Gasteiger partial charge < -0.3 is 15.5 Å². The van der Waals surface area contributed by atoms with Crippen LogP contribution < -0.4 is 10.6 Å². The summed E-state index contributed by atoms with van der Waals surface area (Å²) < 4.78 is 37.4. The summed E-state index contributed by atoms with van der Waals surface area (Å²) in [6.07, 6.45) is -2.68. The molecular formula is C14H17F3N4O2. The average molecular weight is 330 g/mol. The van der Waals surface area contributed by atoms with Crippen LogP contribution in [-0.2, 0) is 9.59 Å². The first-order chi connectivity index (χ1) is 10.8. The molecule has 1 aromatic rings. The minimum atomic E-state index is -4.86. The Hall–Kier alpha value is -2.32. The number of carbonyl (C=O) groups excluding carboxylic acids is 2. The topological polar surface area (TPSA) is 79.5 Å². The molecule has 0 radical (unpaired) electrons. The Bertz CT molecular complexity index is 557. The number of alkyl halides is 3. The molecule has 1 saturated heterocycles. The molecule has 23 heavy (non-hydrogen) atoms. The maximum absolute atomic E-state index is 12.5. The summed E-state index contributed by atoms with van der Waals surface area (Å²) in [4.78, 5) is 29.1. The molecule has 0 unspecified atom stereocenters. The van der Waals surface area contributed by atoms with Gasteiger partial charge in [-0.15, -0.1) is 0 Å². The van der Waals surface area contributed by atoms with Gasteiger partial charge >= 0.3 is 12.1 Å². The molecule has 2 amide bonds. The van der Waals surface area contributed by atoms with Gasteiger partial charge in [0.2, 0.25) is 5.91 Å². The van der Waals surface area contributed by atoms with Gasteiger partial charge in [0.1, 0.15) is 5.82 Å². The van der Waals surface area contributed by atoms with Crippen molar-refractivity contribution >= 4 is 17.6 Å². The van der Waals surface area contributed by atoms with Gasteiger partial charge in [0.05, 0.1) is 6.54 Å². The van der Waals surface area contributed by atoms with Crippen LogP contribution in [0.3, 0.4) is 0 Å². The van der Waals surface area contributed by atoms with E-state index in [1.165, 1.54) is 0 Å². The zero-order chi connectivity index (χ0) is 17.0. The van der Waals surface area contributed by atoms with E-state index in [4.69, 9.17) is 5.73 Å². The smallest absolute Gasteiger partial charge is 0.368 e. The van der Waals surface area contributed by atoms with Crippen molar-refractivity contribution < 1.29 is 22.8 Å². The fourth-order valence-electron chi connectivity index (χ4n) is 2.65. The third-order valence-corrected chi connectivity index (χ3v) is 3.70. The van der Waals surface area contributed by atoms with Crippen LogP contribution in [0.1, 0.15) is 12.8 Å². The molecule has 6 nitrogen and oxygen atoms in total. The van der Waals surface area contributed by atoms with Crippen LogP contribution in [0.25, 0.3) is 0 Å². The van der Waals surface area contributed by atoms with Gasteiger partial charge in [0.25, 0.3) is 0 Å². The monoisotopic (exact) mass is 330 g/mol. The lowest BCUT2D eigenvalue weighted by atomic mass is 10.0. The van der Waals surface area contributed by atoms with E-state index in [9.17, 15) is 22.8 Å². The number of anilines is 1. The molecule has 2 N–H and O–H groups in total. The van der Waals surface area contributed by atoms with Gasteiger partial charge in [-0.05, 0) is 25.0 Å². The van der Waals surface area contributed by atoms with Crippen LogP contribution in [0.2, 0.25) is 0 Å². The van der Waals surface area contributed by atoms with Crippen molar-refractivity contribution in [2.24, 2.45) is 5.73 Å². The molecule has 1 aliphatic rings. The SMILES string of the molecule is NC(=O)CN(c1ccccn1)C1CCN(C(=O)C(F)(F)F)CC1. The number of rotatable bonds is 4. The summed E-state index contributed by atoms with van der Waals surface area (Å²) in [7, 11) is 0. The second-order valence-electron chi connectivity index (χ2n) is 5.30. The van der Waals surface area contributed by atoms with Crippen molar-refractivity contribution in [2.75, 3.05) is 24.5 Å². The number of hydrogen-bond donors (Lipinski definition) is 1. The van der Waals surface area contributed by atoms with Crippen molar-refractivity contribution in [3.05, 3.63) is 24.4 Å². The zero-order valence-electron chi connectivity index (χ0n) is 12.3. The summed E-state index contributed by atoms with van der Waals surface area (Å²) in [5, 5.41) is 0. The molecule has 0 spiro atoms. The molecule has 0 aliphatic carbocycles. The van der Waals surface area contributed by atoms with E-state index >= 15 is 0 Å². The molecular weight excluding hydrogens is 313 g/mol. The lowest BCUT2D eigenvalue weighted by Gasteiger charge is -2.38. The second-order valence-corrected chi connectivity index (χ2v) is 5.30. The number of aromatic nitrogens is 1. The summed E-state index contributed by atoms with van der Waals surface area (Å²) >= 11 is 0. The number of hydrogen-bond acceptors (Lipinski definition) is 4. The van der Waals surface area contributed by atoms with E-state index in [1.807, 2.05) is 0 Å². The van der Waals surface area contributed by atoms with Crippen molar-refractivity contribution in [2.45, 2.75) is 25.1 Å². The highest BCUT2D eigenvalue weighted by molar-refractivity contribution is 5.82. The van der Waals surface area contributed by atoms with E-state index < -0.39 is 18.0 Å². The Kier molecular flexibility index (Phi) is 5.07. The van der Waals surface area contributed by atoms with Gasteiger partial charge in [0, 0.05) is 25.3 Å². The van der Waals surface area contributed by atoms with Gasteiger partial charge in [-0.2, -0.15) is 13.2 Å². The number of nitrogens with two attached hydrogens (primary N) is 1. The van der Waals surface area contributed by atoms with Crippen LogP contribution >= 0.6 is 0 Å². The molecule has 1 aromatic heterocycles. The van der Waals surface area contributed by atoms with Crippen molar-refractivity contribution in [1.82, 2.24) is 9.88 Å². The highest BCUT2D eigenvalue weighted by atomic mass is 19.4. The number of nitrogens with zero attached hydrogens (tertiary/aromatic N) is 3. The average Bonchev–Trinajstić information content (AvgIpc) is 2.52. The van der Waals surface area contributed by atoms with Crippen LogP contribution in [0.15, 0.2) is 24.4 Å². The van der Waals surface area contributed by atoms with Crippen molar-refractivity contribution in [1.29, 1.82) is 0 Å². The quantitative estimate of drug-likeness (QED) is 0.890. The molecule has 0 atom stereocenters. The molecule has 0 aromatic carbocycles. The lowest BCUT2D eigenvalue weighted by Crippen LogP contribution is -2.51. The largest absolute Gasteiger partial charge is 0.471 e. The first kappa shape index (κ1) is 17.0. The van der Waals surface area contributed by atoms with E-state index in [2.05, 4.69) is 4.98 Å². The fourth-order valence-corrected chi connectivity index (χ4v) is 2.65. The molecule has 126 valence electrons. The Morgan fingerprint density at radius 1 is 1.30 bits per heavy atom. The standard InChI is InChI=1S/C14H17F3N4O2/c15-14(16,17)13(23)20-7-4-10(5-8-20)21(9-11(18)22)12-3-1-2-6-19-12/h1-3,6,10H,4-5,7-9H2,(H2,18,22). The third kappa shape index (κ3) is 4.33. The summed E-state index contributed by atoms with van der Waals surface area (Å²) in [6.45, 7) is -0.120. The third-order valence-electron chi connectivity index (χ3n) is 3.70. The number of halogens is 3. The minimum absolute atomic E-state index is 0.0227. The summed E-state index contributed by atoms with van der Waals surface area (Å²) in [6, 6.07) is 4.97. The first-order valence-corrected chi connectivity index (χ1v) is 7.11. The van der Waals surface area contributed by atoms with Crippen LogP contribution in [0.5, 0.6) is 0 Å². The second kappa shape index (κ2) is 6.84. The Morgan fingerprint density at radius 2 is 1.96 bits per heavy atom. The maximum atomic E-state index is 12.5. The summed E-state index contributed by atoms with van der Waals surface area (Å²) in [5.41, 5.74) is 5.25. The Labute approximate surface area is 131 Å². The molecule has 1 fully saturated rings. The molecule has 9 heteroatoms. The van der Waals surface area contributed by atoms with Gasteiger partial charge in [-0.1, -0.05) is 6.07 Å². The normalized spacial score (nSPS) is 16.2. The fraction of sp³-hybridized carbons (Fsp3) is 0.500.